The summed E-state index contributed by atoms with van der Waals surface area (Å²) in [5, 5.41) is 2.94. The molecule has 0 fully saturated rings. The smallest absolute Gasteiger partial charge is 0.255 e. The van der Waals surface area contributed by atoms with Crippen molar-refractivity contribution >= 4 is 5.91 Å². The molecule has 0 radical (unpaired) electrons. The van der Waals surface area contributed by atoms with Gasteiger partial charge in [-0.15, -0.1) is 0 Å². The fraction of sp³-hybridized carbons (Fsp3) is 0.222. The summed E-state index contributed by atoms with van der Waals surface area (Å²) in [6.07, 6.45) is 1.78. The summed E-state index contributed by atoms with van der Waals surface area (Å²) in [7, 11) is 0. The Kier molecular flexibility index (Phi) is 4.02. The van der Waals surface area contributed by atoms with Gasteiger partial charge in [0.15, 0.2) is 0 Å². The van der Waals surface area contributed by atoms with E-state index in [2.05, 4.69) is 15.3 Å². The van der Waals surface area contributed by atoms with Crippen LogP contribution in [-0.4, -0.2) is 15.9 Å². The molecule has 23 heavy (non-hydrogen) atoms. The van der Waals surface area contributed by atoms with Gasteiger partial charge >= 0.3 is 0 Å². The average Bonchev–Trinajstić information content (AvgIpc) is 3.15. The van der Waals surface area contributed by atoms with Gasteiger partial charge in [0, 0.05) is 0 Å². The predicted molar refractivity (Wildman–Crippen MR) is 88.1 cm³/mol. The maximum atomic E-state index is 12.3. The number of aromatic amines is 1. The highest BCUT2D eigenvalue weighted by Crippen LogP contribution is 2.20. The van der Waals surface area contributed by atoms with Gasteiger partial charge in [-0.3, -0.25) is 4.79 Å². The quantitative estimate of drug-likeness (QED) is 0.770. The van der Waals surface area contributed by atoms with Crippen LogP contribution in [0.15, 0.2) is 47.0 Å². The highest BCUT2D eigenvalue weighted by Gasteiger charge is 2.18. The maximum absolute atomic E-state index is 12.3. The van der Waals surface area contributed by atoms with Gasteiger partial charge < -0.3 is 14.7 Å². The van der Waals surface area contributed by atoms with E-state index in [-0.39, 0.29) is 11.9 Å². The molecule has 118 valence electrons. The van der Waals surface area contributed by atoms with Crippen molar-refractivity contribution in [1.29, 1.82) is 0 Å². The summed E-state index contributed by atoms with van der Waals surface area (Å²) < 4.78 is 5.40. The number of aromatic nitrogens is 2. The first-order chi connectivity index (χ1) is 11.0. The summed E-state index contributed by atoms with van der Waals surface area (Å²) in [4.78, 5) is 20.0. The minimum Gasteiger partial charge on any atom is -0.466 e. The van der Waals surface area contributed by atoms with Crippen molar-refractivity contribution < 1.29 is 9.21 Å². The van der Waals surface area contributed by atoms with E-state index in [0.29, 0.717) is 11.3 Å². The summed E-state index contributed by atoms with van der Waals surface area (Å²) >= 11 is 0. The number of furan rings is 1. The number of nitrogens with zero attached hydrogens (tertiary/aromatic N) is 1. The van der Waals surface area contributed by atoms with E-state index in [9.17, 15) is 4.79 Å². The second-order valence-corrected chi connectivity index (χ2v) is 5.57. The number of carbonyl (C=O) groups excluding carboxylic acids is 1. The number of hydrogen-bond donors (Lipinski definition) is 2. The van der Waals surface area contributed by atoms with Crippen LogP contribution in [0.1, 0.15) is 40.7 Å². The van der Waals surface area contributed by atoms with Crippen LogP contribution in [0.2, 0.25) is 0 Å². The number of benzene rings is 1. The van der Waals surface area contributed by atoms with Crippen molar-refractivity contribution in [3.8, 4) is 11.3 Å². The van der Waals surface area contributed by atoms with Crippen molar-refractivity contribution in [2.75, 3.05) is 0 Å². The SMILES string of the molecule is Cc1cc(C(=O)N[C@H](C)c2ncc(-c3ccccc3)[nH]2)c(C)o1. The number of hydrogen-bond acceptors (Lipinski definition) is 3. The summed E-state index contributed by atoms with van der Waals surface area (Å²) in [6, 6.07) is 11.5. The predicted octanol–water partition coefficient (Wildman–Crippen LogP) is 3.78. The summed E-state index contributed by atoms with van der Waals surface area (Å²) in [6.45, 7) is 5.51. The Morgan fingerprint density at radius 3 is 2.65 bits per heavy atom. The van der Waals surface area contributed by atoms with Crippen molar-refractivity contribution in [3.63, 3.8) is 0 Å². The largest absolute Gasteiger partial charge is 0.466 e. The van der Waals surface area contributed by atoms with Crippen LogP contribution in [0.3, 0.4) is 0 Å². The average molecular weight is 309 g/mol. The molecule has 2 N–H and O–H groups in total. The molecule has 5 nitrogen and oxygen atoms in total. The van der Waals surface area contributed by atoms with Gasteiger partial charge in [0.2, 0.25) is 0 Å². The van der Waals surface area contributed by atoms with Crippen LogP contribution in [0.25, 0.3) is 11.3 Å². The number of H-pyrrole nitrogens is 1. The molecule has 0 saturated carbocycles. The van der Waals surface area contributed by atoms with Gasteiger partial charge in [0.05, 0.1) is 23.5 Å². The summed E-state index contributed by atoms with van der Waals surface area (Å²) in [5.41, 5.74) is 2.55. The molecule has 0 saturated heterocycles. The lowest BCUT2D eigenvalue weighted by molar-refractivity contribution is 0.0937. The second-order valence-electron chi connectivity index (χ2n) is 5.57. The van der Waals surface area contributed by atoms with E-state index in [1.807, 2.05) is 44.2 Å². The Hall–Kier alpha value is -2.82. The molecule has 0 unspecified atom stereocenters. The highest BCUT2D eigenvalue weighted by atomic mass is 16.3. The highest BCUT2D eigenvalue weighted by molar-refractivity contribution is 5.95. The second kappa shape index (κ2) is 6.12. The monoisotopic (exact) mass is 309 g/mol. The van der Waals surface area contributed by atoms with Crippen molar-refractivity contribution in [1.82, 2.24) is 15.3 Å². The number of imidazole rings is 1. The minimum atomic E-state index is -0.227. The fourth-order valence-electron chi connectivity index (χ4n) is 2.52. The van der Waals surface area contributed by atoms with Gasteiger partial charge in [0.1, 0.15) is 17.3 Å². The lowest BCUT2D eigenvalue weighted by atomic mass is 10.2. The molecule has 1 atom stereocenters. The Labute approximate surface area is 134 Å². The van der Waals surface area contributed by atoms with E-state index in [4.69, 9.17) is 4.42 Å². The number of carbonyl (C=O) groups is 1. The number of rotatable bonds is 4. The molecular formula is C18H19N3O2. The normalized spacial score (nSPS) is 12.1. The van der Waals surface area contributed by atoms with Crippen molar-refractivity contribution in [2.45, 2.75) is 26.8 Å². The van der Waals surface area contributed by atoms with Gasteiger partial charge in [-0.05, 0) is 32.4 Å². The summed E-state index contributed by atoms with van der Waals surface area (Å²) in [5.74, 6) is 1.90. The molecule has 1 amide bonds. The van der Waals surface area contributed by atoms with Gasteiger partial charge in [-0.2, -0.15) is 0 Å². The van der Waals surface area contributed by atoms with E-state index in [1.54, 1.807) is 19.2 Å². The molecule has 0 aliphatic carbocycles. The van der Waals surface area contributed by atoms with Crippen molar-refractivity contribution in [2.24, 2.45) is 0 Å². The Morgan fingerprint density at radius 1 is 1.26 bits per heavy atom. The Morgan fingerprint density at radius 2 is 2.00 bits per heavy atom. The fourth-order valence-corrected chi connectivity index (χ4v) is 2.52. The van der Waals surface area contributed by atoms with Crippen LogP contribution < -0.4 is 5.32 Å². The topological polar surface area (TPSA) is 70.9 Å². The first-order valence-electron chi connectivity index (χ1n) is 7.53. The molecule has 2 heterocycles. The molecule has 0 spiro atoms. The van der Waals surface area contributed by atoms with E-state index >= 15 is 0 Å². The zero-order valence-corrected chi connectivity index (χ0v) is 13.4. The molecule has 2 aromatic heterocycles. The maximum Gasteiger partial charge on any atom is 0.255 e. The molecule has 1 aromatic carbocycles. The third kappa shape index (κ3) is 3.18. The Balaban J connectivity index is 1.74. The van der Waals surface area contributed by atoms with Crippen LogP contribution in [0.4, 0.5) is 0 Å². The first-order valence-corrected chi connectivity index (χ1v) is 7.53. The number of aryl methyl sites for hydroxylation is 2. The standard InChI is InChI=1S/C18H19N3O2/c1-11-9-15(13(3)23-11)18(22)20-12(2)17-19-10-16(21-17)14-7-5-4-6-8-14/h4-10,12H,1-3H3,(H,19,21)(H,20,22)/t12-/m1/s1. The third-order valence-electron chi connectivity index (χ3n) is 3.72. The van der Waals surface area contributed by atoms with Crippen LogP contribution in [0.5, 0.6) is 0 Å². The van der Waals surface area contributed by atoms with Crippen LogP contribution in [0, 0.1) is 13.8 Å². The Bertz CT molecular complexity index is 818. The van der Waals surface area contributed by atoms with E-state index in [1.165, 1.54) is 0 Å². The van der Waals surface area contributed by atoms with Gasteiger partial charge in [-0.25, -0.2) is 4.98 Å². The van der Waals surface area contributed by atoms with Gasteiger partial charge in [0.25, 0.3) is 5.91 Å². The third-order valence-corrected chi connectivity index (χ3v) is 3.72. The molecule has 3 rings (SSSR count). The number of nitrogens with one attached hydrogen (secondary N) is 2. The lowest BCUT2D eigenvalue weighted by Crippen LogP contribution is -2.27. The zero-order valence-electron chi connectivity index (χ0n) is 13.4. The number of amides is 1. The van der Waals surface area contributed by atoms with E-state index in [0.717, 1.165) is 22.8 Å². The van der Waals surface area contributed by atoms with Crippen LogP contribution >= 0.6 is 0 Å². The zero-order chi connectivity index (χ0) is 16.4. The molecule has 0 aliphatic rings. The van der Waals surface area contributed by atoms with E-state index < -0.39 is 0 Å². The lowest BCUT2D eigenvalue weighted by Gasteiger charge is -2.11. The molecule has 0 aliphatic heterocycles. The molecule has 0 bridgehead atoms. The first kappa shape index (κ1) is 15.1. The molecule has 3 aromatic rings. The minimum absolute atomic E-state index is 0.162. The van der Waals surface area contributed by atoms with Crippen LogP contribution in [-0.2, 0) is 0 Å². The van der Waals surface area contributed by atoms with Crippen molar-refractivity contribution in [3.05, 3.63) is 65.5 Å². The molecule has 5 heteroatoms. The van der Waals surface area contributed by atoms with Gasteiger partial charge in [-0.1, -0.05) is 30.3 Å². The molecular weight excluding hydrogens is 290 g/mol.